The number of hydrogen-bond donors (Lipinski definition) is 0. The molecule has 0 saturated carbocycles. The molecule has 1 aromatic rings. The lowest BCUT2D eigenvalue weighted by Gasteiger charge is -2.29. The summed E-state index contributed by atoms with van der Waals surface area (Å²) >= 11 is 0. The van der Waals surface area contributed by atoms with Crippen LogP contribution in [0.15, 0.2) is 46.9 Å². The molecule has 140 valence electrons. The molecule has 0 amide bonds. The maximum atomic E-state index is 12.6. The van der Waals surface area contributed by atoms with Crippen LogP contribution in [-0.2, 0) is 23.8 Å². The molecule has 26 heavy (non-hydrogen) atoms. The molecule has 1 aliphatic rings. The second kappa shape index (κ2) is 8.56. The van der Waals surface area contributed by atoms with E-state index in [1.54, 1.807) is 46.9 Å². The van der Waals surface area contributed by atoms with Crippen molar-refractivity contribution in [2.24, 2.45) is 0 Å². The molecule has 0 radical (unpaired) electrons. The first-order chi connectivity index (χ1) is 12.4. The number of allylic oxidation sites excluding steroid dienone is 2. The van der Waals surface area contributed by atoms with E-state index in [0.29, 0.717) is 28.4 Å². The van der Waals surface area contributed by atoms with Gasteiger partial charge in [0.1, 0.15) is 17.3 Å². The molecule has 6 heteroatoms. The number of benzene rings is 1. The normalized spacial score (nSPS) is 14.8. The van der Waals surface area contributed by atoms with Gasteiger partial charge in [0.15, 0.2) is 0 Å². The Bertz CT molecular complexity index is 702. The minimum absolute atomic E-state index is 0.225. The largest absolute Gasteiger partial charge is 0.497 e. The monoisotopic (exact) mass is 360 g/mol. The summed E-state index contributed by atoms with van der Waals surface area (Å²) in [6, 6.07) is 7.18. The number of methoxy groups -OCH3 is 1. The van der Waals surface area contributed by atoms with Crippen LogP contribution in [0.25, 0.3) is 0 Å². The summed E-state index contributed by atoms with van der Waals surface area (Å²) in [5.74, 6) is -0.157. The summed E-state index contributed by atoms with van der Waals surface area (Å²) in [5.41, 5.74) is 1.34. The van der Waals surface area contributed by atoms with Crippen molar-refractivity contribution < 1.29 is 28.5 Å². The smallest absolute Gasteiger partial charge is 0.338 e. The molecule has 0 fully saturated rings. The minimum Gasteiger partial charge on any atom is -0.497 e. The van der Waals surface area contributed by atoms with Crippen LogP contribution < -0.4 is 4.74 Å². The van der Waals surface area contributed by atoms with Crippen LogP contribution in [0.2, 0.25) is 0 Å². The standard InChI is InChI=1S/C20H24O6/c1-6-24-19(21)16-12(3)26-13(4)17(20(22)25-7-2)18(16)14-8-10-15(23-5)11-9-14/h8-11,18H,6-7H2,1-5H3. The van der Waals surface area contributed by atoms with Crippen LogP contribution >= 0.6 is 0 Å². The molecular formula is C20H24O6. The Morgan fingerprint density at radius 3 is 1.77 bits per heavy atom. The van der Waals surface area contributed by atoms with Gasteiger partial charge in [0.05, 0.1) is 37.4 Å². The van der Waals surface area contributed by atoms with Gasteiger partial charge < -0.3 is 18.9 Å². The number of carbonyl (C=O) groups excluding carboxylic acids is 2. The van der Waals surface area contributed by atoms with Crippen LogP contribution in [0.5, 0.6) is 5.75 Å². The molecule has 0 saturated heterocycles. The Morgan fingerprint density at radius 1 is 0.923 bits per heavy atom. The molecule has 0 aliphatic carbocycles. The third kappa shape index (κ3) is 3.90. The van der Waals surface area contributed by atoms with E-state index in [-0.39, 0.29) is 13.2 Å². The van der Waals surface area contributed by atoms with Crippen molar-refractivity contribution in [3.05, 3.63) is 52.5 Å². The number of ether oxygens (including phenoxy) is 4. The fraction of sp³-hybridized carbons (Fsp3) is 0.400. The first-order valence-electron chi connectivity index (χ1n) is 8.52. The maximum Gasteiger partial charge on any atom is 0.338 e. The molecule has 1 aromatic carbocycles. The summed E-state index contributed by atoms with van der Waals surface area (Å²) in [6.45, 7) is 7.29. The van der Waals surface area contributed by atoms with Gasteiger partial charge in [-0.2, -0.15) is 0 Å². The second-order valence-corrected chi connectivity index (χ2v) is 5.69. The Morgan fingerprint density at radius 2 is 1.38 bits per heavy atom. The zero-order valence-electron chi connectivity index (χ0n) is 15.8. The highest BCUT2D eigenvalue weighted by atomic mass is 16.5. The van der Waals surface area contributed by atoms with Crippen molar-refractivity contribution in [3.8, 4) is 5.75 Å². The summed E-state index contributed by atoms with van der Waals surface area (Å²) < 4.78 is 21.3. The van der Waals surface area contributed by atoms with E-state index in [9.17, 15) is 9.59 Å². The molecule has 6 nitrogen and oxygen atoms in total. The van der Waals surface area contributed by atoms with Gasteiger partial charge in [-0.15, -0.1) is 0 Å². The fourth-order valence-electron chi connectivity index (χ4n) is 2.96. The van der Waals surface area contributed by atoms with E-state index in [2.05, 4.69) is 0 Å². The first kappa shape index (κ1) is 19.6. The van der Waals surface area contributed by atoms with Gasteiger partial charge in [-0.25, -0.2) is 9.59 Å². The lowest BCUT2D eigenvalue weighted by atomic mass is 9.81. The summed E-state index contributed by atoms with van der Waals surface area (Å²) in [5, 5.41) is 0. The number of carbonyl (C=O) groups is 2. The predicted molar refractivity (Wildman–Crippen MR) is 95.5 cm³/mol. The lowest BCUT2D eigenvalue weighted by molar-refractivity contribution is -0.140. The van der Waals surface area contributed by atoms with Crippen molar-refractivity contribution in [2.45, 2.75) is 33.6 Å². The highest BCUT2D eigenvalue weighted by Crippen LogP contribution is 2.41. The average molecular weight is 360 g/mol. The van der Waals surface area contributed by atoms with Gasteiger partial charge in [0.2, 0.25) is 0 Å². The third-order valence-electron chi connectivity index (χ3n) is 4.08. The summed E-state index contributed by atoms with van der Waals surface area (Å²) in [6.07, 6.45) is 0. The van der Waals surface area contributed by atoms with Crippen molar-refractivity contribution >= 4 is 11.9 Å². The maximum absolute atomic E-state index is 12.6. The van der Waals surface area contributed by atoms with E-state index < -0.39 is 17.9 Å². The van der Waals surface area contributed by atoms with Crippen LogP contribution in [-0.4, -0.2) is 32.3 Å². The Balaban J connectivity index is 2.60. The van der Waals surface area contributed by atoms with Gasteiger partial charge >= 0.3 is 11.9 Å². The molecule has 0 aromatic heterocycles. The first-order valence-corrected chi connectivity index (χ1v) is 8.52. The Labute approximate surface area is 153 Å². The van der Waals surface area contributed by atoms with E-state index in [4.69, 9.17) is 18.9 Å². The fourth-order valence-corrected chi connectivity index (χ4v) is 2.96. The van der Waals surface area contributed by atoms with E-state index in [0.717, 1.165) is 5.56 Å². The van der Waals surface area contributed by atoms with Gasteiger partial charge in [-0.05, 0) is 45.4 Å². The van der Waals surface area contributed by atoms with Gasteiger partial charge in [-0.3, -0.25) is 0 Å². The topological polar surface area (TPSA) is 71.1 Å². The highest BCUT2D eigenvalue weighted by Gasteiger charge is 2.39. The average Bonchev–Trinajstić information content (AvgIpc) is 2.61. The molecular weight excluding hydrogens is 336 g/mol. The molecule has 2 rings (SSSR count). The van der Waals surface area contributed by atoms with Crippen LogP contribution in [0, 0.1) is 0 Å². The van der Waals surface area contributed by atoms with Crippen molar-refractivity contribution in [1.82, 2.24) is 0 Å². The highest BCUT2D eigenvalue weighted by molar-refractivity contribution is 5.99. The Kier molecular flexibility index (Phi) is 6.44. The zero-order chi connectivity index (χ0) is 19.3. The molecule has 0 atom stereocenters. The molecule has 1 aliphatic heterocycles. The zero-order valence-corrected chi connectivity index (χ0v) is 15.8. The van der Waals surface area contributed by atoms with E-state index in [1.165, 1.54) is 0 Å². The van der Waals surface area contributed by atoms with Crippen molar-refractivity contribution in [1.29, 1.82) is 0 Å². The van der Waals surface area contributed by atoms with Crippen molar-refractivity contribution in [2.75, 3.05) is 20.3 Å². The molecule has 0 N–H and O–H groups in total. The van der Waals surface area contributed by atoms with Crippen LogP contribution in [0.3, 0.4) is 0 Å². The minimum atomic E-state index is -0.632. The van der Waals surface area contributed by atoms with Gasteiger partial charge in [0, 0.05) is 0 Å². The quantitative estimate of drug-likeness (QED) is 0.723. The van der Waals surface area contributed by atoms with Crippen molar-refractivity contribution in [3.63, 3.8) is 0 Å². The SMILES string of the molecule is CCOC(=O)C1=C(C)OC(C)=C(C(=O)OCC)C1c1ccc(OC)cc1. The third-order valence-corrected chi connectivity index (χ3v) is 4.08. The van der Waals surface area contributed by atoms with E-state index >= 15 is 0 Å². The molecule has 1 heterocycles. The Hall–Kier alpha value is -2.76. The molecule has 0 bridgehead atoms. The molecule has 0 spiro atoms. The number of rotatable bonds is 6. The number of esters is 2. The number of hydrogen-bond acceptors (Lipinski definition) is 6. The lowest BCUT2D eigenvalue weighted by Crippen LogP contribution is -2.27. The summed E-state index contributed by atoms with van der Waals surface area (Å²) in [4.78, 5) is 25.2. The van der Waals surface area contributed by atoms with Crippen LogP contribution in [0.4, 0.5) is 0 Å². The summed E-state index contributed by atoms with van der Waals surface area (Å²) in [7, 11) is 1.58. The second-order valence-electron chi connectivity index (χ2n) is 5.69. The van der Waals surface area contributed by atoms with Gasteiger partial charge in [-0.1, -0.05) is 12.1 Å². The van der Waals surface area contributed by atoms with Gasteiger partial charge in [0.25, 0.3) is 0 Å². The predicted octanol–water partition coefficient (Wildman–Crippen LogP) is 3.48. The molecule has 0 unspecified atom stereocenters. The van der Waals surface area contributed by atoms with E-state index in [1.807, 2.05) is 12.1 Å². The van der Waals surface area contributed by atoms with Crippen LogP contribution in [0.1, 0.15) is 39.2 Å².